The maximum atomic E-state index is 10.4. The number of hydrogen-bond donors (Lipinski definition) is 4. The molecule has 0 saturated carbocycles. The molecule has 1 aliphatic heterocycles. The van der Waals surface area contributed by atoms with Crippen LogP contribution in [0.1, 0.15) is 22.8 Å². The lowest BCUT2D eigenvalue weighted by atomic mass is 9.90. The molecule has 8 nitrogen and oxygen atoms in total. The van der Waals surface area contributed by atoms with E-state index in [0.717, 1.165) is 11.1 Å². The molecular weight excluding hydrogens is 436 g/mol. The summed E-state index contributed by atoms with van der Waals surface area (Å²) in [5, 5.41) is 40.5. The summed E-state index contributed by atoms with van der Waals surface area (Å²) in [5.41, 5.74) is 2.39. The molecule has 32 heavy (non-hydrogen) atoms. The van der Waals surface area contributed by atoms with Crippen molar-refractivity contribution < 1.29 is 29.9 Å². The topological polar surface area (TPSA) is 117 Å². The molecule has 3 aromatic rings. The van der Waals surface area contributed by atoms with Crippen molar-refractivity contribution in [3.63, 3.8) is 0 Å². The van der Waals surface area contributed by atoms with Crippen LogP contribution in [-0.4, -0.2) is 61.0 Å². The zero-order valence-corrected chi connectivity index (χ0v) is 18.1. The van der Waals surface area contributed by atoms with Gasteiger partial charge in [-0.1, -0.05) is 35.9 Å². The Morgan fingerprint density at radius 3 is 2.47 bits per heavy atom. The molecule has 0 bridgehead atoms. The van der Waals surface area contributed by atoms with Crippen LogP contribution in [0.5, 0.6) is 11.8 Å². The molecule has 4 N–H and O–H groups in total. The first-order chi connectivity index (χ1) is 15.4. The Balaban J connectivity index is 1.51. The zero-order chi connectivity index (χ0) is 22.8. The number of halogens is 1. The van der Waals surface area contributed by atoms with Crippen molar-refractivity contribution in [2.75, 3.05) is 6.61 Å². The normalized spacial score (nSPS) is 25.6. The van der Waals surface area contributed by atoms with Gasteiger partial charge in [0.1, 0.15) is 36.3 Å². The first-order valence-electron chi connectivity index (χ1n) is 10.2. The van der Waals surface area contributed by atoms with Gasteiger partial charge in [-0.05, 0) is 41.3 Å². The summed E-state index contributed by atoms with van der Waals surface area (Å²) in [4.78, 5) is 4.14. The Bertz CT molecular complexity index is 1050. The van der Waals surface area contributed by atoms with Crippen molar-refractivity contribution in [1.82, 2.24) is 9.55 Å². The monoisotopic (exact) mass is 460 g/mol. The fraction of sp³-hybridized carbons (Fsp3) is 0.348. The number of benzene rings is 2. The van der Waals surface area contributed by atoms with Gasteiger partial charge in [0.05, 0.1) is 6.61 Å². The van der Waals surface area contributed by atoms with Crippen LogP contribution in [0.2, 0.25) is 5.02 Å². The molecule has 1 saturated heterocycles. The van der Waals surface area contributed by atoms with E-state index in [1.165, 1.54) is 0 Å². The fourth-order valence-electron chi connectivity index (χ4n) is 3.74. The number of aliphatic hydroxyl groups is 4. The van der Waals surface area contributed by atoms with E-state index in [0.29, 0.717) is 28.8 Å². The second kappa shape index (κ2) is 9.58. The third-order valence-electron chi connectivity index (χ3n) is 5.59. The Morgan fingerprint density at radius 2 is 1.81 bits per heavy atom. The van der Waals surface area contributed by atoms with Crippen molar-refractivity contribution in [2.45, 2.75) is 36.9 Å². The van der Waals surface area contributed by atoms with E-state index in [-0.39, 0.29) is 0 Å². The van der Waals surface area contributed by atoms with Gasteiger partial charge < -0.3 is 34.5 Å². The molecule has 170 valence electrons. The second-order valence-corrected chi connectivity index (χ2v) is 8.25. The first-order valence-corrected chi connectivity index (χ1v) is 10.6. The number of nitrogens with zero attached hydrogens (tertiary/aromatic N) is 2. The number of aliphatic hydroxyl groups excluding tert-OH is 4. The minimum absolute atomic E-state index is 0.478. The summed E-state index contributed by atoms with van der Waals surface area (Å²) >= 11 is 6.40. The maximum absolute atomic E-state index is 10.4. The average molecular weight is 461 g/mol. The Kier molecular flexibility index (Phi) is 6.80. The van der Waals surface area contributed by atoms with Crippen LogP contribution < -0.4 is 4.74 Å². The van der Waals surface area contributed by atoms with E-state index in [1.54, 1.807) is 35.2 Å². The van der Waals surface area contributed by atoms with Crippen LogP contribution in [0, 0.1) is 0 Å². The molecule has 0 amide bonds. The lowest BCUT2D eigenvalue weighted by Crippen LogP contribution is -2.55. The number of hydrogen-bond acceptors (Lipinski definition) is 7. The third-order valence-corrected chi connectivity index (χ3v) is 5.96. The first kappa shape index (κ1) is 22.7. The van der Waals surface area contributed by atoms with Crippen molar-refractivity contribution in [3.05, 3.63) is 76.6 Å². The van der Waals surface area contributed by atoms with Crippen molar-refractivity contribution in [1.29, 1.82) is 0 Å². The molecule has 2 heterocycles. The lowest BCUT2D eigenvalue weighted by Gasteiger charge is -2.40. The highest BCUT2D eigenvalue weighted by molar-refractivity contribution is 6.31. The summed E-state index contributed by atoms with van der Waals surface area (Å²) in [6, 6.07) is 13.2. The van der Waals surface area contributed by atoms with Crippen molar-refractivity contribution >= 4 is 11.6 Å². The zero-order valence-electron chi connectivity index (χ0n) is 17.4. The summed E-state index contributed by atoms with van der Waals surface area (Å²) in [6.07, 6.45) is -2.07. The number of rotatable bonds is 6. The van der Waals surface area contributed by atoms with Gasteiger partial charge >= 0.3 is 6.01 Å². The molecule has 1 aromatic heterocycles. The lowest BCUT2D eigenvalue weighted by molar-refractivity contribution is -0.231. The van der Waals surface area contributed by atoms with Gasteiger partial charge in [-0.2, -0.15) is 0 Å². The van der Waals surface area contributed by atoms with Crippen molar-refractivity contribution in [3.8, 4) is 11.8 Å². The summed E-state index contributed by atoms with van der Waals surface area (Å²) in [5.74, 6) is 0.657. The van der Waals surface area contributed by atoms with E-state index in [9.17, 15) is 20.4 Å². The molecule has 5 atom stereocenters. The second-order valence-electron chi connectivity index (χ2n) is 7.84. The van der Waals surface area contributed by atoms with Crippen LogP contribution in [0.3, 0.4) is 0 Å². The molecule has 1 fully saturated rings. The molecule has 1 aliphatic rings. The van der Waals surface area contributed by atoms with Gasteiger partial charge in [-0.25, -0.2) is 4.98 Å². The van der Waals surface area contributed by atoms with Crippen LogP contribution in [0.25, 0.3) is 0 Å². The van der Waals surface area contributed by atoms with E-state index in [4.69, 9.17) is 21.1 Å². The van der Waals surface area contributed by atoms with Gasteiger partial charge in [0.25, 0.3) is 0 Å². The van der Waals surface area contributed by atoms with Gasteiger partial charge in [0.2, 0.25) is 0 Å². The molecule has 2 aromatic carbocycles. The Morgan fingerprint density at radius 1 is 1.06 bits per heavy atom. The molecule has 0 aliphatic carbocycles. The summed E-state index contributed by atoms with van der Waals surface area (Å²) in [6.45, 7) is -0.478. The van der Waals surface area contributed by atoms with Crippen LogP contribution >= 0.6 is 11.6 Å². The number of ether oxygens (including phenoxy) is 2. The molecule has 0 unspecified atom stereocenters. The predicted octanol–water partition coefficient (Wildman–Crippen LogP) is 1.97. The highest BCUT2D eigenvalue weighted by Crippen LogP contribution is 2.34. The fourth-order valence-corrected chi connectivity index (χ4v) is 3.92. The molecule has 4 rings (SSSR count). The van der Waals surface area contributed by atoms with E-state index >= 15 is 0 Å². The standard InChI is InChI=1S/C23H25ClN2O6/c1-26-9-8-25-23(26)31-16-5-2-13(3-6-16)10-15-11-14(4-7-17(15)24)22-21(30)20(29)19(28)18(12-27)32-22/h2-9,11,18-22,27-30H,10,12H2,1H3/t18-,19-,20+,21-,22+/m1/s1. The largest absolute Gasteiger partial charge is 0.426 e. The van der Waals surface area contributed by atoms with Crippen LogP contribution in [0.4, 0.5) is 0 Å². The average Bonchev–Trinajstić information content (AvgIpc) is 3.19. The van der Waals surface area contributed by atoms with Gasteiger partial charge in [-0.15, -0.1) is 0 Å². The SMILES string of the molecule is Cn1ccnc1Oc1ccc(Cc2cc([C@@H]3O[C@H](CO)[C@@H](O)[C@H](O)[C@H]3O)ccc2Cl)cc1. The Labute approximate surface area is 190 Å². The van der Waals surface area contributed by atoms with E-state index < -0.39 is 37.1 Å². The number of aryl methyl sites for hydroxylation is 1. The molecule has 9 heteroatoms. The molecular formula is C23H25ClN2O6. The minimum Gasteiger partial charge on any atom is -0.426 e. The quantitative estimate of drug-likeness (QED) is 0.444. The van der Waals surface area contributed by atoms with Gasteiger partial charge in [-0.3, -0.25) is 0 Å². The third kappa shape index (κ3) is 4.66. The van der Waals surface area contributed by atoms with Crippen LogP contribution in [0.15, 0.2) is 54.9 Å². The predicted molar refractivity (Wildman–Crippen MR) is 117 cm³/mol. The van der Waals surface area contributed by atoms with E-state index in [2.05, 4.69) is 4.98 Å². The minimum atomic E-state index is -1.43. The van der Waals surface area contributed by atoms with Crippen molar-refractivity contribution in [2.24, 2.45) is 7.05 Å². The Hall–Kier alpha value is -2.46. The maximum Gasteiger partial charge on any atom is 0.301 e. The van der Waals surface area contributed by atoms with E-state index in [1.807, 2.05) is 31.3 Å². The number of imidazole rings is 1. The molecule has 0 radical (unpaired) electrons. The summed E-state index contributed by atoms with van der Waals surface area (Å²) in [7, 11) is 1.85. The summed E-state index contributed by atoms with van der Waals surface area (Å²) < 4.78 is 13.2. The number of aromatic nitrogens is 2. The highest BCUT2D eigenvalue weighted by Gasteiger charge is 2.44. The highest BCUT2D eigenvalue weighted by atomic mass is 35.5. The molecule has 0 spiro atoms. The van der Waals surface area contributed by atoms with Gasteiger partial charge in [0, 0.05) is 24.5 Å². The smallest absolute Gasteiger partial charge is 0.301 e. The van der Waals surface area contributed by atoms with Crippen LogP contribution in [-0.2, 0) is 18.2 Å². The van der Waals surface area contributed by atoms with Gasteiger partial charge in [0.15, 0.2) is 0 Å².